The number of carbonyl (C=O) groups excluding carboxylic acids is 1. The number of pyridine rings is 1. The van der Waals surface area contributed by atoms with Crippen LogP contribution in [0, 0.1) is 0 Å². The summed E-state index contributed by atoms with van der Waals surface area (Å²) in [6, 6.07) is 5.36. The fourth-order valence-corrected chi connectivity index (χ4v) is 1.93. The Kier molecular flexibility index (Phi) is 4.92. The van der Waals surface area contributed by atoms with E-state index in [0.29, 0.717) is 11.4 Å². The molecule has 2 aromatic heterocycles. The average molecular weight is 287 g/mol. The van der Waals surface area contributed by atoms with Crippen molar-refractivity contribution in [3.63, 3.8) is 0 Å². The predicted octanol–water partition coefficient (Wildman–Crippen LogP) is 2.45. The van der Waals surface area contributed by atoms with E-state index in [9.17, 15) is 4.79 Å². The van der Waals surface area contributed by atoms with Crippen LogP contribution in [0.15, 0.2) is 24.4 Å². The summed E-state index contributed by atoms with van der Waals surface area (Å²) >= 11 is 0. The zero-order chi connectivity index (χ0) is 15.2. The van der Waals surface area contributed by atoms with Gasteiger partial charge < -0.3 is 10.6 Å². The third-order valence-corrected chi connectivity index (χ3v) is 3.12. The maximum atomic E-state index is 12.4. The smallest absolute Gasteiger partial charge is 0.257 e. The topological polar surface area (TPSA) is 71.8 Å². The first-order chi connectivity index (χ1) is 10.1. The van der Waals surface area contributed by atoms with E-state index in [1.54, 1.807) is 30.1 Å². The summed E-state index contributed by atoms with van der Waals surface area (Å²) in [5.41, 5.74) is 1.49. The van der Waals surface area contributed by atoms with E-state index in [2.05, 4.69) is 27.6 Å². The van der Waals surface area contributed by atoms with Gasteiger partial charge in [-0.3, -0.25) is 9.48 Å². The molecule has 0 aliphatic rings. The summed E-state index contributed by atoms with van der Waals surface area (Å²) in [4.78, 5) is 16.8. The standard InChI is InChI=1S/C15H21N5O/c1-4-7-16-13-10-11(9-12(5-2)18-13)15(21)19-14-6-8-17-20(14)3/h6,8-10H,4-5,7H2,1-3H3,(H,16,18)(H,19,21). The zero-order valence-corrected chi connectivity index (χ0v) is 12.7. The lowest BCUT2D eigenvalue weighted by Gasteiger charge is -2.10. The van der Waals surface area contributed by atoms with Crippen molar-refractivity contribution in [2.45, 2.75) is 26.7 Å². The number of carbonyl (C=O) groups is 1. The second-order valence-electron chi connectivity index (χ2n) is 4.81. The SMILES string of the molecule is CCCNc1cc(C(=O)Nc2ccnn2C)cc(CC)n1. The van der Waals surface area contributed by atoms with E-state index in [0.717, 1.165) is 30.9 Å². The predicted molar refractivity (Wildman–Crippen MR) is 83.6 cm³/mol. The number of amides is 1. The van der Waals surface area contributed by atoms with Crippen molar-refractivity contribution in [1.29, 1.82) is 0 Å². The highest BCUT2D eigenvalue weighted by molar-refractivity contribution is 6.04. The lowest BCUT2D eigenvalue weighted by Crippen LogP contribution is -2.16. The van der Waals surface area contributed by atoms with Gasteiger partial charge in [-0.05, 0) is 25.0 Å². The minimum Gasteiger partial charge on any atom is -0.370 e. The number of nitrogens with zero attached hydrogens (tertiary/aromatic N) is 3. The quantitative estimate of drug-likeness (QED) is 0.856. The van der Waals surface area contributed by atoms with Crippen LogP contribution in [0.5, 0.6) is 0 Å². The molecule has 1 amide bonds. The first-order valence-corrected chi connectivity index (χ1v) is 7.18. The van der Waals surface area contributed by atoms with Crippen molar-refractivity contribution in [2.24, 2.45) is 7.05 Å². The number of rotatable bonds is 6. The van der Waals surface area contributed by atoms with Gasteiger partial charge in [0.25, 0.3) is 5.91 Å². The molecule has 2 heterocycles. The first kappa shape index (κ1) is 15.0. The van der Waals surface area contributed by atoms with Crippen molar-refractivity contribution in [2.75, 3.05) is 17.2 Å². The van der Waals surface area contributed by atoms with E-state index in [1.807, 2.05) is 13.0 Å². The molecule has 0 aliphatic carbocycles. The molecule has 0 radical (unpaired) electrons. The normalized spacial score (nSPS) is 10.4. The number of hydrogen-bond donors (Lipinski definition) is 2. The van der Waals surface area contributed by atoms with Crippen LogP contribution in [0.25, 0.3) is 0 Å². The number of anilines is 2. The lowest BCUT2D eigenvalue weighted by atomic mass is 10.2. The van der Waals surface area contributed by atoms with Crippen LogP contribution < -0.4 is 10.6 Å². The van der Waals surface area contributed by atoms with Gasteiger partial charge >= 0.3 is 0 Å². The average Bonchev–Trinajstić information content (AvgIpc) is 2.90. The molecular formula is C15H21N5O. The van der Waals surface area contributed by atoms with Crippen LogP contribution in [-0.2, 0) is 13.5 Å². The van der Waals surface area contributed by atoms with Gasteiger partial charge in [0.1, 0.15) is 11.6 Å². The molecule has 0 spiro atoms. The first-order valence-electron chi connectivity index (χ1n) is 7.18. The maximum Gasteiger partial charge on any atom is 0.257 e. The molecule has 2 N–H and O–H groups in total. The van der Waals surface area contributed by atoms with E-state index in [-0.39, 0.29) is 5.91 Å². The third kappa shape index (κ3) is 3.81. The highest BCUT2D eigenvalue weighted by Crippen LogP contribution is 2.14. The van der Waals surface area contributed by atoms with Gasteiger partial charge in [-0.25, -0.2) is 4.98 Å². The molecule has 0 atom stereocenters. The molecule has 21 heavy (non-hydrogen) atoms. The molecule has 6 heteroatoms. The Morgan fingerprint density at radius 2 is 2.14 bits per heavy atom. The van der Waals surface area contributed by atoms with E-state index in [1.165, 1.54) is 0 Å². The second-order valence-corrected chi connectivity index (χ2v) is 4.81. The van der Waals surface area contributed by atoms with Crippen LogP contribution in [0.4, 0.5) is 11.6 Å². The molecule has 2 rings (SSSR count). The molecular weight excluding hydrogens is 266 g/mol. The summed E-state index contributed by atoms with van der Waals surface area (Å²) in [5.74, 6) is 1.25. The van der Waals surface area contributed by atoms with Gasteiger partial charge in [0.15, 0.2) is 0 Å². The van der Waals surface area contributed by atoms with Gasteiger partial charge in [-0.2, -0.15) is 5.10 Å². The van der Waals surface area contributed by atoms with Gasteiger partial charge in [0, 0.05) is 30.9 Å². The van der Waals surface area contributed by atoms with Crippen LogP contribution in [0.1, 0.15) is 36.3 Å². The minimum absolute atomic E-state index is 0.157. The molecule has 0 aliphatic heterocycles. The second kappa shape index (κ2) is 6.88. The summed E-state index contributed by atoms with van der Waals surface area (Å²) in [5, 5.41) is 10.1. The Balaban J connectivity index is 2.21. The largest absolute Gasteiger partial charge is 0.370 e. The fraction of sp³-hybridized carbons (Fsp3) is 0.400. The van der Waals surface area contributed by atoms with Crippen molar-refractivity contribution in [3.05, 3.63) is 35.7 Å². The van der Waals surface area contributed by atoms with Gasteiger partial charge in [0.05, 0.1) is 6.20 Å². The van der Waals surface area contributed by atoms with E-state index in [4.69, 9.17) is 0 Å². The highest BCUT2D eigenvalue weighted by atomic mass is 16.1. The fourth-order valence-electron chi connectivity index (χ4n) is 1.93. The van der Waals surface area contributed by atoms with Crippen LogP contribution >= 0.6 is 0 Å². The van der Waals surface area contributed by atoms with Crippen LogP contribution in [0.3, 0.4) is 0 Å². The van der Waals surface area contributed by atoms with Gasteiger partial charge in [0.2, 0.25) is 0 Å². The van der Waals surface area contributed by atoms with E-state index >= 15 is 0 Å². The summed E-state index contributed by atoms with van der Waals surface area (Å²) in [6.45, 7) is 4.95. The summed E-state index contributed by atoms with van der Waals surface area (Å²) in [6.07, 6.45) is 3.44. The van der Waals surface area contributed by atoms with Crippen LogP contribution in [-0.4, -0.2) is 27.2 Å². The molecule has 0 aromatic carbocycles. The van der Waals surface area contributed by atoms with Crippen molar-refractivity contribution >= 4 is 17.5 Å². The maximum absolute atomic E-state index is 12.4. The van der Waals surface area contributed by atoms with Crippen molar-refractivity contribution in [3.8, 4) is 0 Å². The molecule has 0 fully saturated rings. The Labute approximate surface area is 124 Å². The molecule has 2 aromatic rings. The number of aryl methyl sites for hydroxylation is 2. The Bertz CT molecular complexity index is 620. The zero-order valence-electron chi connectivity index (χ0n) is 12.7. The molecule has 112 valence electrons. The van der Waals surface area contributed by atoms with Crippen molar-refractivity contribution < 1.29 is 4.79 Å². The summed E-state index contributed by atoms with van der Waals surface area (Å²) in [7, 11) is 1.79. The van der Waals surface area contributed by atoms with Crippen molar-refractivity contribution in [1.82, 2.24) is 14.8 Å². The number of nitrogens with one attached hydrogen (secondary N) is 2. The summed E-state index contributed by atoms with van der Waals surface area (Å²) < 4.78 is 1.62. The molecule has 0 saturated carbocycles. The molecule has 0 bridgehead atoms. The van der Waals surface area contributed by atoms with E-state index < -0.39 is 0 Å². The van der Waals surface area contributed by atoms with Gasteiger partial charge in [-0.1, -0.05) is 13.8 Å². The lowest BCUT2D eigenvalue weighted by molar-refractivity contribution is 0.102. The van der Waals surface area contributed by atoms with Gasteiger partial charge in [-0.15, -0.1) is 0 Å². The third-order valence-electron chi connectivity index (χ3n) is 3.12. The Morgan fingerprint density at radius 1 is 1.33 bits per heavy atom. The Morgan fingerprint density at radius 3 is 2.76 bits per heavy atom. The highest BCUT2D eigenvalue weighted by Gasteiger charge is 2.11. The van der Waals surface area contributed by atoms with Crippen LogP contribution in [0.2, 0.25) is 0 Å². The molecule has 0 unspecified atom stereocenters. The number of aromatic nitrogens is 3. The Hall–Kier alpha value is -2.37. The molecule has 0 saturated heterocycles. The monoisotopic (exact) mass is 287 g/mol. The minimum atomic E-state index is -0.157. The number of hydrogen-bond acceptors (Lipinski definition) is 4. The molecule has 6 nitrogen and oxygen atoms in total.